The number of benzene rings is 3. The molecule has 174 valence electrons. The number of carbonyl (C=O) groups excluding carboxylic acids is 1. The predicted molar refractivity (Wildman–Crippen MR) is 130 cm³/mol. The molecule has 0 saturated carbocycles. The molecule has 0 fully saturated rings. The minimum absolute atomic E-state index is 0.310. The molecule has 1 heterocycles. The van der Waals surface area contributed by atoms with Crippen LogP contribution in [0.2, 0.25) is 5.02 Å². The van der Waals surface area contributed by atoms with Crippen LogP contribution in [0, 0.1) is 5.82 Å². The third kappa shape index (κ3) is 5.05. The van der Waals surface area contributed by atoms with Crippen LogP contribution < -0.4 is 14.8 Å². The van der Waals surface area contributed by atoms with E-state index in [0.717, 1.165) is 5.56 Å². The topological polar surface area (TPSA) is 65.4 Å². The molecule has 0 aliphatic rings. The highest BCUT2D eigenvalue weighted by atomic mass is 35.5. The summed E-state index contributed by atoms with van der Waals surface area (Å²) in [4.78, 5) is 13.1. The minimum atomic E-state index is -0.372. The summed E-state index contributed by atoms with van der Waals surface area (Å²) < 4.78 is 25.6. The first kappa shape index (κ1) is 23.3. The van der Waals surface area contributed by atoms with Gasteiger partial charge in [-0.2, -0.15) is 5.10 Å². The SMILES string of the molecule is COc1ccc(CCNC(=O)c2cc(-c3ccccc3Cl)nn2-c2ccc(F)cc2)cc1OC. The molecule has 1 aromatic heterocycles. The zero-order valence-electron chi connectivity index (χ0n) is 18.7. The van der Waals surface area contributed by atoms with Gasteiger partial charge in [0.2, 0.25) is 0 Å². The molecule has 1 N–H and O–H groups in total. The van der Waals surface area contributed by atoms with Crippen LogP contribution >= 0.6 is 11.6 Å². The lowest BCUT2D eigenvalue weighted by atomic mass is 10.1. The van der Waals surface area contributed by atoms with E-state index >= 15 is 0 Å². The molecule has 34 heavy (non-hydrogen) atoms. The Morgan fingerprint density at radius 1 is 1.00 bits per heavy atom. The molecule has 8 heteroatoms. The first-order valence-electron chi connectivity index (χ1n) is 10.6. The van der Waals surface area contributed by atoms with Crippen LogP contribution in [-0.2, 0) is 6.42 Å². The number of rotatable bonds is 8. The van der Waals surface area contributed by atoms with Gasteiger partial charge in [0.05, 0.1) is 30.6 Å². The van der Waals surface area contributed by atoms with Gasteiger partial charge in [-0.15, -0.1) is 0 Å². The number of hydrogen-bond acceptors (Lipinski definition) is 4. The quantitative estimate of drug-likeness (QED) is 0.371. The third-order valence-electron chi connectivity index (χ3n) is 5.31. The number of nitrogens with one attached hydrogen (secondary N) is 1. The Morgan fingerprint density at radius 3 is 2.44 bits per heavy atom. The summed E-state index contributed by atoms with van der Waals surface area (Å²) in [5, 5.41) is 8.04. The second-order valence-corrected chi connectivity index (χ2v) is 7.89. The lowest BCUT2D eigenvalue weighted by Gasteiger charge is -2.11. The van der Waals surface area contributed by atoms with Crippen molar-refractivity contribution < 1.29 is 18.7 Å². The van der Waals surface area contributed by atoms with Crippen LogP contribution in [-0.4, -0.2) is 36.5 Å². The summed E-state index contributed by atoms with van der Waals surface area (Å²) in [6, 6.07) is 20.4. The third-order valence-corrected chi connectivity index (χ3v) is 5.64. The van der Waals surface area contributed by atoms with Crippen molar-refractivity contribution in [2.75, 3.05) is 20.8 Å². The van der Waals surface area contributed by atoms with Gasteiger partial charge in [-0.3, -0.25) is 4.79 Å². The van der Waals surface area contributed by atoms with Crippen molar-refractivity contribution in [2.45, 2.75) is 6.42 Å². The van der Waals surface area contributed by atoms with Gasteiger partial charge in [0.1, 0.15) is 11.5 Å². The maximum Gasteiger partial charge on any atom is 0.270 e. The van der Waals surface area contributed by atoms with E-state index in [1.807, 2.05) is 36.4 Å². The molecule has 6 nitrogen and oxygen atoms in total. The van der Waals surface area contributed by atoms with Crippen LogP contribution in [0.25, 0.3) is 16.9 Å². The zero-order valence-corrected chi connectivity index (χ0v) is 19.5. The molecular formula is C26H23ClFN3O3. The second kappa shape index (κ2) is 10.4. The van der Waals surface area contributed by atoms with Crippen molar-refractivity contribution >= 4 is 17.5 Å². The van der Waals surface area contributed by atoms with Crippen LogP contribution in [0.3, 0.4) is 0 Å². The van der Waals surface area contributed by atoms with Gasteiger partial charge >= 0.3 is 0 Å². The highest BCUT2D eigenvalue weighted by Gasteiger charge is 2.19. The first-order valence-corrected chi connectivity index (χ1v) is 11.0. The molecule has 3 aromatic carbocycles. The number of hydrogen-bond donors (Lipinski definition) is 1. The van der Waals surface area contributed by atoms with Crippen molar-refractivity contribution in [3.05, 3.63) is 94.9 Å². The van der Waals surface area contributed by atoms with E-state index in [9.17, 15) is 9.18 Å². The highest BCUT2D eigenvalue weighted by Crippen LogP contribution is 2.29. The number of aromatic nitrogens is 2. The molecule has 4 rings (SSSR count). The van der Waals surface area contributed by atoms with E-state index in [0.29, 0.717) is 52.1 Å². The van der Waals surface area contributed by atoms with Crippen molar-refractivity contribution in [1.29, 1.82) is 0 Å². The zero-order chi connectivity index (χ0) is 24.1. The monoisotopic (exact) mass is 479 g/mol. The van der Waals surface area contributed by atoms with Crippen LogP contribution in [0.1, 0.15) is 16.1 Å². The molecule has 0 saturated heterocycles. The molecule has 1 amide bonds. The van der Waals surface area contributed by atoms with Crippen molar-refractivity contribution in [2.24, 2.45) is 0 Å². The molecule has 0 spiro atoms. The maximum atomic E-state index is 13.5. The van der Waals surface area contributed by atoms with Gasteiger partial charge < -0.3 is 14.8 Å². The second-order valence-electron chi connectivity index (χ2n) is 7.48. The van der Waals surface area contributed by atoms with Gasteiger partial charge in [-0.05, 0) is 60.5 Å². The lowest BCUT2D eigenvalue weighted by molar-refractivity contribution is 0.0946. The molecular weight excluding hydrogens is 457 g/mol. The van der Waals surface area contributed by atoms with Gasteiger partial charge in [0.25, 0.3) is 5.91 Å². The molecule has 0 bridgehead atoms. The maximum absolute atomic E-state index is 13.5. The summed E-state index contributed by atoms with van der Waals surface area (Å²) in [5.41, 5.74) is 3.10. The fraction of sp³-hybridized carbons (Fsp3) is 0.154. The van der Waals surface area contributed by atoms with Crippen LogP contribution in [0.5, 0.6) is 11.5 Å². The number of nitrogens with zero attached hydrogens (tertiary/aromatic N) is 2. The molecule has 0 radical (unpaired) electrons. The van der Waals surface area contributed by atoms with Gasteiger partial charge in [0, 0.05) is 12.1 Å². The minimum Gasteiger partial charge on any atom is -0.493 e. The van der Waals surface area contributed by atoms with E-state index in [1.165, 1.54) is 16.8 Å². The average molecular weight is 480 g/mol. The Morgan fingerprint density at radius 2 is 1.74 bits per heavy atom. The normalized spacial score (nSPS) is 10.7. The Balaban J connectivity index is 1.57. The van der Waals surface area contributed by atoms with Crippen LogP contribution in [0.4, 0.5) is 4.39 Å². The van der Waals surface area contributed by atoms with Crippen LogP contribution in [0.15, 0.2) is 72.8 Å². The summed E-state index contributed by atoms with van der Waals surface area (Å²) in [5.74, 6) is 0.592. The Hall–Kier alpha value is -3.84. The number of carbonyl (C=O) groups is 1. The fourth-order valence-corrected chi connectivity index (χ4v) is 3.80. The number of ether oxygens (including phenoxy) is 2. The lowest BCUT2D eigenvalue weighted by Crippen LogP contribution is -2.27. The van der Waals surface area contributed by atoms with E-state index in [1.54, 1.807) is 38.5 Å². The van der Waals surface area contributed by atoms with Crippen molar-refractivity contribution in [1.82, 2.24) is 15.1 Å². The molecule has 0 aliphatic carbocycles. The van der Waals surface area contributed by atoms with E-state index in [4.69, 9.17) is 21.1 Å². The van der Waals surface area contributed by atoms with E-state index < -0.39 is 0 Å². The average Bonchev–Trinajstić information content (AvgIpc) is 3.30. The fourth-order valence-electron chi connectivity index (χ4n) is 3.57. The predicted octanol–water partition coefficient (Wildman–Crippen LogP) is 5.32. The summed E-state index contributed by atoms with van der Waals surface area (Å²) >= 11 is 6.35. The molecule has 0 atom stereocenters. The van der Waals surface area contributed by atoms with Gasteiger partial charge in [-0.25, -0.2) is 9.07 Å². The number of amides is 1. The standard InChI is InChI=1S/C26H23ClFN3O3/c1-33-24-12-7-17(15-25(24)34-2)13-14-29-26(32)23-16-22(20-5-3-4-6-21(20)27)30-31(23)19-10-8-18(28)9-11-19/h3-12,15-16H,13-14H2,1-2H3,(H,29,32). The summed E-state index contributed by atoms with van der Waals surface area (Å²) in [6.07, 6.45) is 0.591. The first-order chi connectivity index (χ1) is 16.5. The smallest absolute Gasteiger partial charge is 0.270 e. The molecule has 0 aliphatic heterocycles. The Labute approximate surface area is 201 Å². The van der Waals surface area contributed by atoms with E-state index in [-0.39, 0.29) is 11.7 Å². The summed E-state index contributed by atoms with van der Waals surface area (Å²) in [7, 11) is 3.16. The van der Waals surface area contributed by atoms with Gasteiger partial charge in [0.15, 0.2) is 11.5 Å². The van der Waals surface area contributed by atoms with Crippen molar-refractivity contribution in [3.8, 4) is 28.4 Å². The largest absolute Gasteiger partial charge is 0.493 e. The molecule has 4 aromatic rings. The number of methoxy groups -OCH3 is 2. The number of halogens is 2. The van der Waals surface area contributed by atoms with E-state index in [2.05, 4.69) is 10.4 Å². The van der Waals surface area contributed by atoms with Gasteiger partial charge in [-0.1, -0.05) is 35.9 Å². The van der Waals surface area contributed by atoms with Crippen molar-refractivity contribution in [3.63, 3.8) is 0 Å². The summed E-state index contributed by atoms with van der Waals surface area (Å²) in [6.45, 7) is 0.393. The molecule has 0 unspecified atom stereocenters. The Kier molecular flexibility index (Phi) is 7.13. The Bertz CT molecular complexity index is 1310. The highest BCUT2D eigenvalue weighted by molar-refractivity contribution is 6.33.